The highest BCUT2D eigenvalue weighted by Gasteiger charge is 2.48. The van der Waals surface area contributed by atoms with Crippen molar-refractivity contribution >= 4 is 46.6 Å². The summed E-state index contributed by atoms with van der Waals surface area (Å²) >= 11 is 3.31. The van der Waals surface area contributed by atoms with E-state index in [9.17, 15) is 26.3 Å². The number of alkyl halides is 6. The number of rotatable bonds is 1. The van der Waals surface area contributed by atoms with Crippen LogP contribution in [-0.2, 0) is 15.6 Å². The Hall–Kier alpha value is -1.63. The zero-order valence-corrected chi connectivity index (χ0v) is 16.6. The van der Waals surface area contributed by atoms with Gasteiger partial charge in [0, 0.05) is 21.5 Å². The molecular weight excluding hydrogens is 498 g/mol. The summed E-state index contributed by atoms with van der Waals surface area (Å²) in [5.74, 6) is 0. The Labute approximate surface area is 166 Å². The van der Waals surface area contributed by atoms with Gasteiger partial charge in [-0.1, -0.05) is 34.1 Å². The summed E-state index contributed by atoms with van der Waals surface area (Å²) in [6.45, 7) is 0. The van der Waals surface area contributed by atoms with Gasteiger partial charge in [-0.05, 0) is 30.3 Å². The molecule has 1 unspecified atom stereocenters. The first-order valence-electron chi connectivity index (χ1n) is 7.12. The van der Waals surface area contributed by atoms with Crippen LogP contribution in [-0.4, -0.2) is 18.5 Å². The quantitative estimate of drug-likeness (QED) is 0.163. The second-order valence-electron chi connectivity index (χ2n) is 5.21. The van der Waals surface area contributed by atoms with Crippen LogP contribution >= 0.6 is 26.4 Å². The lowest BCUT2D eigenvalue weighted by molar-refractivity contribution is -0.0864. The van der Waals surface area contributed by atoms with E-state index in [0.717, 1.165) is 4.47 Å². The van der Waals surface area contributed by atoms with Crippen molar-refractivity contribution < 1.29 is 39.3 Å². The SMILES string of the molecule is FC(F)(F)[s+]1c(-c2cccc(Br)c2)cc2ccccc21.O=S(=O)([O-])C(F)(F)F. The van der Waals surface area contributed by atoms with E-state index in [0.29, 0.717) is 20.5 Å². The lowest BCUT2D eigenvalue weighted by Crippen LogP contribution is -2.21. The van der Waals surface area contributed by atoms with Gasteiger partial charge in [-0.15, -0.1) is 13.2 Å². The Morgan fingerprint density at radius 2 is 1.46 bits per heavy atom. The topological polar surface area (TPSA) is 57.2 Å². The zero-order chi connectivity index (χ0) is 21.3. The highest BCUT2D eigenvalue weighted by Crippen LogP contribution is 2.54. The van der Waals surface area contributed by atoms with E-state index in [1.54, 1.807) is 54.6 Å². The van der Waals surface area contributed by atoms with Gasteiger partial charge in [0.15, 0.2) is 19.7 Å². The molecule has 0 spiro atoms. The molecule has 0 fully saturated rings. The molecule has 0 bridgehead atoms. The van der Waals surface area contributed by atoms with Crippen LogP contribution in [0, 0.1) is 0 Å². The molecular formula is C16H9BrF6O3S2. The van der Waals surface area contributed by atoms with Crippen molar-refractivity contribution in [1.82, 2.24) is 0 Å². The highest BCUT2D eigenvalue weighted by atomic mass is 79.9. The molecule has 0 amide bonds. The van der Waals surface area contributed by atoms with Crippen LogP contribution in [0.2, 0.25) is 0 Å². The molecule has 3 rings (SSSR count). The second-order valence-corrected chi connectivity index (χ2v) is 9.45. The van der Waals surface area contributed by atoms with Crippen LogP contribution in [0.4, 0.5) is 26.3 Å². The summed E-state index contributed by atoms with van der Waals surface area (Å²) in [6.07, 6.45) is 0. The molecule has 3 nitrogen and oxygen atoms in total. The van der Waals surface area contributed by atoms with Crippen molar-refractivity contribution in [3.05, 3.63) is 59.1 Å². The molecule has 0 N–H and O–H groups in total. The minimum absolute atomic E-state index is 0.333. The molecule has 1 heterocycles. The maximum absolute atomic E-state index is 13.4. The number of hydrogen-bond acceptors (Lipinski definition) is 3. The first-order chi connectivity index (χ1) is 12.7. The molecule has 0 saturated carbocycles. The van der Waals surface area contributed by atoms with Crippen molar-refractivity contribution in [2.24, 2.45) is 0 Å². The number of thiophene rings is 1. The van der Waals surface area contributed by atoms with Gasteiger partial charge in [-0.2, -0.15) is 13.2 Å². The van der Waals surface area contributed by atoms with Gasteiger partial charge in [-0.25, -0.2) is 8.42 Å². The van der Waals surface area contributed by atoms with Crippen LogP contribution < -0.4 is 0 Å². The molecule has 0 radical (unpaired) electrons. The normalized spacial score (nSPS) is 13.2. The predicted octanol–water partition coefficient (Wildman–Crippen LogP) is 6.55. The van der Waals surface area contributed by atoms with Crippen LogP contribution in [0.25, 0.3) is 20.5 Å². The number of hydrogen-bond donors (Lipinski definition) is 0. The van der Waals surface area contributed by atoms with E-state index in [1.807, 2.05) is 0 Å². The average molecular weight is 507 g/mol. The molecule has 2 aromatic carbocycles. The highest BCUT2D eigenvalue weighted by molar-refractivity contribution is 9.10. The molecule has 1 atom stereocenters. The Morgan fingerprint density at radius 3 is 1.96 bits per heavy atom. The van der Waals surface area contributed by atoms with Crippen LogP contribution in [0.1, 0.15) is 0 Å². The Bertz CT molecular complexity index is 1090. The monoisotopic (exact) mass is 506 g/mol. The fourth-order valence-corrected chi connectivity index (χ4v) is 4.52. The maximum atomic E-state index is 13.4. The molecule has 0 aliphatic heterocycles. The molecule has 1 aromatic heterocycles. The number of benzene rings is 2. The number of fused-ring (bicyclic) bond motifs is 1. The summed E-state index contributed by atoms with van der Waals surface area (Å²) in [7, 11) is -7.97. The summed E-state index contributed by atoms with van der Waals surface area (Å²) in [4.78, 5) is 0.333. The van der Waals surface area contributed by atoms with Crippen molar-refractivity contribution in [2.45, 2.75) is 11.0 Å². The van der Waals surface area contributed by atoms with Crippen molar-refractivity contribution in [3.63, 3.8) is 0 Å². The molecule has 152 valence electrons. The van der Waals surface area contributed by atoms with E-state index in [1.165, 1.54) is 0 Å². The molecule has 12 heteroatoms. The third-order valence-corrected chi connectivity index (χ3v) is 6.40. The van der Waals surface area contributed by atoms with Gasteiger partial charge >= 0.3 is 11.0 Å². The standard InChI is InChI=1S/C15H9BrF3S.CHF3O3S/c16-12-6-3-5-10(8-12)14-9-11-4-1-2-7-13(11)20(14)15(17,18)19;2-1(3,4)8(5,6)7/h1-9H;(H,5,6,7)/q+1;/p-1. The van der Waals surface area contributed by atoms with Crippen molar-refractivity contribution in [2.75, 3.05) is 0 Å². The van der Waals surface area contributed by atoms with E-state index in [2.05, 4.69) is 15.9 Å². The van der Waals surface area contributed by atoms with Gasteiger partial charge in [0.1, 0.15) is 10.5 Å². The van der Waals surface area contributed by atoms with E-state index >= 15 is 0 Å². The molecule has 3 aromatic rings. The predicted molar refractivity (Wildman–Crippen MR) is 96.6 cm³/mol. The van der Waals surface area contributed by atoms with Crippen molar-refractivity contribution in [3.8, 4) is 10.4 Å². The van der Waals surface area contributed by atoms with Crippen LogP contribution in [0.5, 0.6) is 0 Å². The van der Waals surface area contributed by atoms with Gasteiger partial charge in [0.25, 0.3) is 0 Å². The lowest BCUT2D eigenvalue weighted by Gasteiger charge is -2.08. The smallest absolute Gasteiger partial charge is 0.601 e. The first-order valence-corrected chi connectivity index (χ1v) is 10.5. The van der Waals surface area contributed by atoms with Crippen molar-refractivity contribution in [1.29, 1.82) is 0 Å². The summed E-state index contributed by atoms with van der Waals surface area (Å²) in [6, 6.07) is 15.4. The fourth-order valence-electron chi connectivity index (χ4n) is 2.20. The summed E-state index contributed by atoms with van der Waals surface area (Å²) in [5, 5.41) is 0.656. The van der Waals surface area contributed by atoms with E-state index in [4.69, 9.17) is 13.0 Å². The minimum Gasteiger partial charge on any atom is -0.741 e. The molecule has 0 saturated heterocycles. The average Bonchev–Trinajstić information content (AvgIpc) is 2.93. The Balaban J connectivity index is 0.000000300. The van der Waals surface area contributed by atoms with Gasteiger partial charge in [0.2, 0.25) is 0 Å². The van der Waals surface area contributed by atoms with Crippen LogP contribution in [0.15, 0.2) is 59.1 Å². The zero-order valence-electron chi connectivity index (χ0n) is 13.4. The summed E-state index contributed by atoms with van der Waals surface area (Å²) in [5.41, 5.74) is -9.30. The van der Waals surface area contributed by atoms with E-state index < -0.39 is 31.6 Å². The number of halogens is 7. The molecule has 28 heavy (non-hydrogen) atoms. The third-order valence-electron chi connectivity index (χ3n) is 3.27. The largest absolute Gasteiger partial charge is 0.741 e. The Kier molecular flexibility index (Phi) is 6.48. The van der Waals surface area contributed by atoms with Gasteiger partial charge in [0.05, 0.1) is 0 Å². The van der Waals surface area contributed by atoms with Gasteiger partial charge in [-0.3, -0.25) is 0 Å². The first kappa shape index (κ1) is 22.7. The lowest BCUT2D eigenvalue weighted by atomic mass is 10.1. The van der Waals surface area contributed by atoms with Gasteiger partial charge < -0.3 is 4.55 Å². The minimum atomic E-state index is -6.09. The third kappa shape index (κ3) is 5.25. The second kappa shape index (κ2) is 8.01. The fraction of sp³-hybridized carbons (Fsp3) is 0.125. The molecule has 0 aliphatic carbocycles. The summed E-state index contributed by atoms with van der Waals surface area (Å²) < 4.78 is 100. The Morgan fingerprint density at radius 1 is 0.893 bits per heavy atom. The molecule has 0 aliphatic rings. The maximum Gasteiger partial charge on any atom is 0.601 e. The van der Waals surface area contributed by atoms with E-state index in [-0.39, 0.29) is 0 Å². The van der Waals surface area contributed by atoms with Crippen LogP contribution in [0.3, 0.4) is 0 Å².